The zero-order chi connectivity index (χ0) is 18.5. The molecule has 0 radical (unpaired) electrons. The van der Waals surface area contributed by atoms with Crippen LogP contribution in [0.25, 0.3) is 0 Å². The van der Waals surface area contributed by atoms with Gasteiger partial charge >= 0.3 is 6.03 Å². The molecule has 0 aromatic carbocycles. The van der Waals surface area contributed by atoms with Crippen LogP contribution in [0.5, 0.6) is 0 Å². The molecule has 7 heteroatoms. The van der Waals surface area contributed by atoms with Gasteiger partial charge in [-0.15, -0.1) is 11.3 Å². The van der Waals surface area contributed by atoms with Gasteiger partial charge in [-0.05, 0) is 26.2 Å². The Morgan fingerprint density at radius 2 is 1.92 bits per heavy atom. The van der Waals surface area contributed by atoms with Crippen molar-refractivity contribution < 1.29 is 9.36 Å². The third-order valence-corrected chi connectivity index (χ3v) is 6.43. The summed E-state index contributed by atoms with van der Waals surface area (Å²) in [4.78, 5) is 19.0. The summed E-state index contributed by atoms with van der Waals surface area (Å²) in [7, 11) is -2.17. The van der Waals surface area contributed by atoms with E-state index in [2.05, 4.69) is 38.0 Å². The summed E-state index contributed by atoms with van der Waals surface area (Å²) in [5.41, 5.74) is 0.901. The second-order valence-corrected chi connectivity index (χ2v) is 12.0. The van der Waals surface area contributed by atoms with Crippen molar-refractivity contribution in [2.24, 2.45) is 5.92 Å². The molecule has 138 valence electrons. The van der Waals surface area contributed by atoms with Gasteiger partial charge in [-0.1, -0.05) is 27.7 Å². The first-order chi connectivity index (χ1) is 11.0. The van der Waals surface area contributed by atoms with Crippen molar-refractivity contribution in [2.75, 3.05) is 26.0 Å². The first-order valence-corrected chi connectivity index (χ1v) is 12.2. The standard InChI is InChI=1S/C17H32N3O2PS/c1-12(2)14(5)18-17(21)20(8-9-23(6,7)22)10-15-11-24-16(19-15)13(3)4/h11-14H,8-10H2,1-7H3,(H,18,21)/t14-/m1/s1. The van der Waals surface area contributed by atoms with Crippen LogP contribution in [0, 0.1) is 5.92 Å². The van der Waals surface area contributed by atoms with Gasteiger partial charge in [-0.25, -0.2) is 9.78 Å². The second kappa shape index (κ2) is 9.00. The fourth-order valence-corrected chi connectivity index (χ4v) is 3.47. The maximum absolute atomic E-state index is 12.6. The minimum absolute atomic E-state index is 0.0942. The van der Waals surface area contributed by atoms with Crippen molar-refractivity contribution in [3.8, 4) is 0 Å². The molecule has 5 nitrogen and oxygen atoms in total. The lowest BCUT2D eigenvalue weighted by Crippen LogP contribution is -2.46. The first-order valence-electron chi connectivity index (χ1n) is 8.53. The van der Waals surface area contributed by atoms with Gasteiger partial charge in [0.1, 0.15) is 0 Å². The molecule has 0 aliphatic heterocycles. The molecule has 1 rings (SSSR count). The Bertz CT molecular complexity index is 580. The Hall–Kier alpha value is -0.870. The number of carbonyl (C=O) groups is 1. The van der Waals surface area contributed by atoms with Crippen LogP contribution in [0.3, 0.4) is 0 Å². The van der Waals surface area contributed by atoms with E-state index in [9.17, 15) is 9.36 Å². The third-order valence-electron chi connectivity index (χ3n) is 3.96. The SMILES string of the molecule is CC(C)c1nc(CN(CCP(C)(C)=O)C(=O)N[C@H](C)C(C)C)cs1. The van der Waals surface area contributed by atoms with E-state index in [1.54, 1.807) is 29.6 Å². The highest BCUT2D eigenvalue weighted by molar-refractivity contribution is 7.62. The predicted molar refractivity (Wildman–Crippen MR) is 104 cm³/mol. The Kier molecular flexibility index (Phi) is 7.94. The number of nitrogens with zero attached hydrogens (tertiary/aromatic N) is 2. The van der Waals surface area contributed by atoms with Crippen LogP contribution in [0.15, 0.2) is 5.38 Å². The maximum Gasteiger partial charge on any atom is 0.317 e. The van der Waals surface area contributed by atoms with Crippen LogP contribution in [-0.4, -0.2) is 48.0 Å². The smallest absolute Gasteiger partial charge is 0.317 e. The van der Waals surface area contributed by atoms with E-state index in [4.69, 9.17) is 0 Å². The van der Waals surface area contributed by atoms with E-state index in [0.29, 0.717) is 31.1 Å². The van der Waals surface area contributed by atoms with E-state index in [1.807, 2.05) is 12.3 Å². The second-order valence-electron chi connectivity index (χ2n) is 7.53. The number of rotatable bonds is 8. The van der Waals surface area contributed by atoms with Crippen LogP contribution in [0.1, 0.15) is 51.2 Å². The fraction of sp³-hybridized carbons (Fsp3) is 0.765. The van der Waals surface area contributed by atoms with Gasteiger partial charge in [0.25, 0.3) is 0 Å². The number of thiazole rings is 1. The number of nitrogens with one attached hydrogen (secondary N) is 1. The highest BCUT2D eigenvalue weighted by Crippen LogP contribution is 2.35. The molecule has 1 aromatic rings. The molecular formula is C17H32N3O2PS. The summed E-state index contributed by atoms with van der Waals surface area (Å²) in [6.07, 6.45) is 0.525. The summed E-state index contributed by atoms with van der Waals surface area (Å²) in [5, 5.41) is 6.13. The summed E-state index contributed by atoms with van der Waals surface area (Å²) in [6.45, 7) is 14.9. The van der Waals surface area contributed by atoms with Gasteiger partial charge in [0, 0.05) is 30.0 Å². The molecule has 0 fully saturated rings. The van der Waals surface area contributed by atoms with Crippen LogP contribution in [0.4, 0.5) is 4.79 Å². The van der Waals surface area contributed by atoms with Crippen molar-refractivity contribution in [3.05, 3.63) is 16.1 Å². The van der Waals surface area contributed by atoms with Gasteiger partial charge in [0.15, 0.2) is 0 Å². The van der Waals surface area contributed by atoms with Crippen LogP contribution in [0.2, 0.25) is 0 Å². The molecule has 0 bridgehead atoms. The van der Waals surface area contributed by atoms with Crippen molar-refractivity contribution in [3.63, 3.8) is 0 Å². The lowest BCUT2D eigenvalue weighted by Gasteiger charge is -2.26. The molecule has 1 heterocycles. The minimum atomic E-state index is -2.17. The summed E-state index contributed by atoms with van der Waals surface area (Å²) < 4.78 is 12.0. The number of carbonyl (C=O) groups excluding carboxylic acids is 1. The van der Waals surface area contributed by atoms with E-state index < -0.39 is 7.14 Å². The van der Waals surface area contributed by atoms with E-state index in [-0.39, 0.29) is 12.1 Å². The molecular weight excluding hydrogens is 341 g/mol. The summed E-state index contributed by atoms with van der Waals surface area (Å²) >= 11 is 1.63. The number of urea groups is 1. The Morgan fingerprint density at radius 3 is 2.38 bits per heavy atom. The predicted octanol–water partition coefficient (Wildman–Crippen LogP) is 4.45. The molecule has 2 amide bonds. The van der Waals surface area contributed by atoms with Crippen molar-refractivity contribution in [2.45, 2.75) is 53.1 Å². The normalized spacial score (nSPS) is 13.4. The van der Waals surface area contributed by atoms with E-state index in [0.717, 1.165) is 10.7 Å². The number of amides is 2. The number of hydrogen-bond donors (Lipinski definition) is 1. The summed E-state index contributed by atoms with van der Waals surface area (Å²) in [6, 6.07) is -0.0135. The molecule has 0 aliphatic rings. The monoisotopic (exact) mass is 373 g/mol. The first kappa shape index (κ1) is 21.2. The average Bonchev–Trinajstić information content (AvgIpc) is 2.90. The van der Waals surface area contributed by atoms with Crippen molar-refractivity contribution >= 4 is 24.5 Å². The molecule has 0 saturated heterocycles. The zero-order valence-corrected chi connectivity index (χ0v) is 17.7. The fourth-order valence-electron chi connectivity index (χ4n) is 1.92. The highest BCUT2D eigenvalue weighted by Gasteiger charge is 2.21. The summed E-state index contributed by atoms with van der Waals surface area (Å²) in [5.74, 6) is 0.754. The maximum atomic E-state index is 12.6. The van der Waals surface area contributed by atoms with Gasteiger partial charge in [-0.3, -0.25) is 0 Å². The van der Waals surface area contributed by atoms with Gasteiger partial charge in [0.05, 0.1) is 24.4 Å². The zero-order valence-electron chi connectivity index (χ0n) is 16.0. The van der Waals surface area contributed by atoms with Crippen LogP contribution < -0.4 is 5.32 Å². The molecule has 1 atom stereocenters. The lowest BCUT2D eigenvalue weighted by molar-refractivity contribution is 0.191. The average molecular weight is 374 g/mol. The quantitative estimate of drug-likeness (QED) is 0.685. The van der Waals surface area contributed by atoms with E-state index >= 15 is 0 Å². The van der Waals surface area contributed by atoms with Crippen molar-refractivity contribution in [1.82, 2.24) is 15.2 Å². The minimum Gasteiger partial charge on any atom is -0.335 e. The molecule has 24 heavy (non-hydrogen) atoms. The Labute approximate surface area is 150 Å². The van der Waals surface area contributed by atoms with Crippen LogP contribution in [-0.2, 0) is 11.1 Å². The highest BCUT2D eigenvalue weighted by atomic mass is 32.1. The largest absolute Gasteiger partial charge is 0.335 e. The number of aromatic nitrogens is 1. The van der Waals surface area contributed by atoms with Crippen molar-refractivity contribution in [1.29, 1.82) is 0 Å². The van der Waals surface area contributed by atoms with Crippen LogP contribution >= 0.6 is 18.5 Å². The Balaban J connectivity index is 2.83. The molecule has 1 aromatic heterocycles. The molecule has 0 unspecified atom stereocenters. The van der Waals surface area contributed by atoms with E-state index in [1.165, 1.54) is 0 Å². The topological polar surface area (TPSA) is 62.3 Å². The molecule has 0 aliphatic carbocycles. The molecule has 1 N–H and O–H groups in total. The van der Waals surface area contributed by atoms with Gasteiger partial charge < -0.3 is 14.8 Å². The third kappa shape index (κ3) is 7.35. The van der Waals surface area contributed by atoms with Gasteiger partial charge in [-0.2, -0.15) is 0 Å². The lowest BCUT2D eigenvalue weighted by atomic mass is 10.1. The molecule has 0 spiro atoms. The Morgan fingerprint density at radius 1 is 1.29 bits per heavy atom. The molecule has 0 saturated carbocycles. The number of hydrogen-bond acceptors (Lipinski definition) is 4. The van der Waals surface area contributed by atoms with Gasteiger partial charge in [0.2, 0.25) is 0 Å².